The molecule has 2 aromatic heterocycles. The minimum atomic E-state index is -2.60. The van der Waals surface area contributed by atoms with E-state index in [0.717, 1.165) is 4.57 Å². The van der Waals surface area contributed by atoms with E-state index in [4.69, 9.17) is 0 Å². The van der Waals surface area contributed by atoms with Gasteiger partial charge in [0.05, 0.1) is 18.4 Å². The third-order valence-corrected chi connectivity index (χ3v) is 2.76. The molecule has 0 saturated carbocycles. The highest BCUT2D eigenvalue weighted by atomic mass is 19.3. The fraction of sp³-hybridized carbons (Fsp3) is 0.545. The van der Waals surface area contributed by atoms with Gasteiger partial charge in [-0.25, -0.2) is 23.5 Å². The van der Waals surface area contributed by atoms with Crippen molar-refractivity contribution in [3.05, 3.63) is 22.4 Å². The van der Waals surface area contributed by atoms with Crippen LogP contribution in [0.15, 0.2) is 11.0 Å². The number of fused-ring (bicyclic) bond motifs is 1. The lowest BCUT2D eigenvalue weighted by Gasteiger charge is -2.05. The minimum absolute atomic E-state index is 0.122. The molecule has 0 N–H and O–H groups in total. The van der Waals surface area contributed by atoms with Crippen molar-refractivity contribution in [3.8, 4) is 0 Å². The Hall–Kier alpha value is -1.79. The maximum Gasteiger partial charge on any atom is 0.331 e. The molecular weight excluding hydrogens is 242 g/mol. The van der Waals surface area contributed by atoms with Crippen molar-refractivity contribution in [3.63, 3.8) is 0 Å². The Bertz CT molecular complexity index is 630. The van der Waals surface area contributed by atoms with Gasteiger partial charge in [0.25, 0.3) is 6.43 Å². The van der Waals surface area contributed by atoms with Gasteiger partial charge in [0, 0.05) is 7.05 Å². The lowest BCUT2D eigenvalue weighted by molar-refractivity contribution is 0.126. The summed E-state index contributed by atoms with van der Waals surface area (Å²) in [5, 5.41) is 0. The molecule has 0 saturated heterocycles. The number of imidazole rings is 1. The van der Waals surface area contributed by atoms with Gasteiger partial charge in [0.15, 0.2) is 11.3 Å². The highest BCUT2D eigenvalue weighted by Gasteiger charge is 2.17. The second-order valence-corrected chi connectivity index (χ2v) is 4.44. The van der Waals surface area contributed by atoms with Crippen molar-refractivity contribution < 1.29 is 8.78 Å². The summed E-state index contributed by atoms with van der Waals surface area (Å²) in [5.41, 5.74) is 0.696. The summed E-state index contributed by atoms with van der Waals surface area (Å²) in [6.07, 6.45) is -1.03. The number of alkyl halides is 2. The lowest BCUT2D eigenvalue weighted by atomic mass is 10.1. The van der Waals surface area contributed by atoms with Gasteiger partial charge in [-0.2, -0.15) is 0 Å². The molecule has 0 aliphatic rings. The van der Waals surface area contributed by atoms with Crippen molar-refractivity contribution in [2.75, 3.05) is 0 Å². The van der Waals surface area contributed by atoms with Crippen LogP contribution in [0.2, 0.25) is 0 Å². The molecule has 18 heavy (non-hydrogen) atoms. The summed E-state index contributed by atoms with van der Waals surface area (Å²) in [4.78, 5) is 20.2. The molecule has 0 spiro atoms. The Labute approximate surface area is 102 Å². The summed E-state index contributed by atoms with van der Waals surface area (Å²) in [6.45, 7) is 3.19. The second kappa shape index (κ2) is 4.47. The van der Waals surface area contributed by atoms with Gasteiger partial charge in [-0.15, -0.1) is 0 Å². The van der Waals surface area contributed by atoms with Gasteiger partial charge in [-0.05, 0) is 5.92 Å². The summed E-state index contributed by atoms with van der Waals surface area (Å²) in [5.74, 6) is 0.122. The zero-order valence-electron chi connectivity index (χ0n) is 10.4. The molecule has 2 rings (SSSR count). The molecular formula is C11H14F2N4O. The quantitative estimate of drug-likeness (QED) is 0.836. The van der Waals surface area contributed by atoms with Crippen LogP contribution in [-0.2, 0) is 13.6 Å². The van der Waals surface area contributed by atoms with Crippen LogP contribution in [0.5, 0.6) is 0 Å². The molecule has 5 nitrogen and oxygen atoms in total. The Morgan fingerprint density at radius 2 is 2.00 bits per heavy atom. The van der Waals surface area contributed by atoms with Gasteiger partial charge >= 0.3 is 5.69 Å². The number of hydrogen-bond acceptors (Lipinski definition) is 3. The zero-order chi connectivity index (χ0) is 13.4. The van der Waals surface area contributed by atoms with Crippen molar-refractivity contribution in [1.82, 2.24) is 19.1 Å². The fourth-order valence-corrected chi connectivity index (χ4v) is 1.75. The molecule has 2 heterocycles. The predicted molar refractivity (Wildman–Crippen MR) is 62.9 cm³/mol. The minimum Gasteiger partial charge on any atom is -0.278 e. The highest BCUT2D eigenvalue weighted by Crippen LogP contribution is 2.15. The molecule has 0 bridgehead atoms. The monoisotopic (exact) mass is 256 g/mol. The molecule has 0 aliphatic carbocycles. The van der Waals surface area contributed by atoms with E-state index in [-0.39, 0.29) is 11.6 Å². The molecule has 98 valence electrons. The number of aromatic nitrogens is 4. The van der Waals surface area contributed by atoms with Crippen molar-refractivity contribution in [2.45, 2.75) is 32.7 Å². The van der Waals surface area contributed by atoms with E-state index in [1.165, 1.54) is 11.6 Å². The predicted octanol–water partition coefficient (Wildman–Crippen LogP) is 1.52. The van der Waals surface area contributed by atoms with Gasteiger partial charge in [0.1, 0.15) is 0 Å². The molecule has 0 aromatic carbocycles. The summed E-state index contributed by atoms with van der Waals surface area (Å²) < 4.78 is 27.2. The van der Waals surface area contributed by atoms with Crippen LogP contribution < -0.4 is 5.69 Å². The van der Waals surface area contributed by atoms with E-state index in [2.05, 4.69) is 9.97 Å². The van der Waals surface area contributed by atoms with E-state index in [0.29, 0.717) is 11.3 Å². The number of aryl methyl sites for hydroxylation is 1. The Morgan fingerprint density at radius 3 is 2.56 bits per heavy atom. The smallest absolute Gasteiger partial charge is 0.278 e. The average Bonchev–Trinajstić information content (AvgIpc) is 2.53. The van der Waals surface area contributed by atoms with Crippen molar-refractivity contribution in [1.29, 1.82) is 0 Å². The topological polar surface area (TPSA) is 52.7 Å². The average molecular weight is 256 g/mol. The van der Waals surface area contributed by atoms with Crippen molar-refractivity contribution in [2.24, 2.45) is 7.05 Å². The van der Waals surface area contributed by atoms with Crippen molar-refractivity contribution >= 4 is 11.3 Å². The standard InChI is InChI=1S/C11H14F2N4O/c1-6(2)7-4-14-9-10(15-7)17(5-8(12)13)11(18)16(9)3/h4,6,8H,5H2,1-3H3. The van der Waals surface area contributed by atoms with E-state index < -0.39 is 18.7 Å². The van der Waals surface area contributed by atoms with E-state index in [1.807, 2.05) is 13.8 Å². The molecule has 0 aliphatic heterocycles. The largest absolute Gasteiger partial charge is 0.331 e. The van der Waals surface area contributed by atoms with Gasteiger partial charge in [-0.3, -0.25) is 9.13 Å². The van der Waals surface area contributed by atoms with Crippen LogP contribution in [0.25, 0.3) is 11.3 Å². The normalized spacial score (nSPS) is 11.9. The van der Waals surface area contributed by atoms with Crippen LogP contribution in [-0.4, -0.2) is 25.5 Å². The summed E-state index contributed by atoms with van der Waals surface area (Å²) in [6, 6.07) is 0. The number of nitrogens with zero attached hydrogens (tertiary/aromatic N) is 4. The SMILES string of the molecule is CC(C)c1cnc2c(n1)n(CC(F)F)c(=O)n2C. The molecule has 0 fully saturated rings. The second-order valence-electron chi connectivity index (χ2n) is 4.44. The Kier molecular flexibility index (Phi) is 3.14. The number of hydrogen-bond donors (Lipinski definition) is 0. The first-order valence-electron chi connectivity index (χ1n) is 5.62. The van der Waals surface area contributed by atoms with Crippen LogP contribution in [0, 0.1) is 0 Å². The lowest BCUT2D eigenvalue weighted by Crippen LogP contribution is -2.25. The molecule has 7 heteroatoms. The van der Waals surface area contributed by atoms with E-state index >= 15 is 0 Å². The van der Waals surface area contributed by atoms with Crippen LogP contribution in [0.3, 0.4) is 0 Å². The van der Waals surface area contributed by atoms with Gasteiger partial charge < -0.3 is 0 Å². The van der Waals surface area contributed by atoms with Gasteiger partial charge in [-0.1, -0.05) is 13.8 Å². The molecule has 0 atom stereocenters. The number of rotatable bonds is 3. The maximum atomic E-state index is 12.5. The molecule has 0 unspecified atom stereocenters. The maximum absolute atomic E-state index is 12.5. The van der Waals surface area contributed by atoms with E-state index in [1.54, 1.807) is 6.20 Å². The number of halogens is 2. The van der Waals surface area contributed by atoms with Crippen LogP contribution >= 0.6 is 0 Å². The van der Waals surface area contributed by atoms with Crippen LogP contribution in [0.4, 0.5) is 8.78 Å². The molecule has 2 aromatic rings. The fourth-order valence-electron chi connectivity index (χ4n) is 1.75. The first kappa shape index (κ1) is 12.7. The molecule has 0 radical (unpaired) electrons. The Balaban J connectivity index is 2.71. The van der Waals surface area contributed by atoms with E-state index in [9.17, 15) is 13.6 Å². The Morgan fingerprint density at radius 1 is 1.33 bits per heavy atom. The first-order valence-corrected chi connectivity index (χ1v) is 5.62. The third kappa shape index (κ3) is 2.00. The third-order valence-electron chi connectivity index (χ3n) is 2.76. The molecule has 0 amide bonds. The summed E-state index contributed by atoms with van der Waals surface area (Å²) >= 11 is 0. The highest BCUT2D eigenvalue weighted by molar-refractivity contribution is 5.66. The van der Waals surface area contributed by atoms with Crippen LogP contribution in [0.1, 0.15) is 25.5 Å². The van der Waals surface area contributed by atoms with Gasteiger partial charge in [0.2, 0.25) is 0 Å². The zero-order valence-corrected chi connectivity index (χ0v) is 10.4. The summed E-state index contributed by atoms with van der Waals surface area (Å²) in [7, 11) is 1.50. The first-order chi connectivity index (χ1) is 8.41.